The lowest BCUT2D eigenvalue weighted by molar-refractivity contribution is -0.389. The van der Waals surface area contributed by atoms with Gasteiger partial charge in [-0.3, -0.25) is 4.79 Å². The maximum atomic E-state index is 11.4. The molecule has 0 unspecified atom stereocenters. The van der Waals surface area contributed by atoms with Crippen LogP contribution in [0.1, 0.15) is 0 Å². The first-order valence-electron chi connectivity index (χ1n) is 4.15. The lowest BCUT2D eigenvalue weighted by atomic mass is 10.5. The minimum absolute atomic E-state index is 0.343. The Hall–Kier alpha value is -2.07. The predicted octanol–water partition coefficient (Wildman–Crippen LogP) is -0.647. The Morgan fingerprint density at radius 1 is 1.53 bits per heavy atom. The lowest BCUT2D eigenvalue weighted by Gasteiger charge is -2.02. The average molecular weight is 261 g/mol. The van der Waals surface area contributed by atoms with E-state index >= 15 is 0 Å². The summed E-state index contributed by atoms with van der Waals surface area (Å²) in [5.41, 5.74) is 0. The molecule has 0 spiro atoms. The van der Waals surface area contributed by atoms with Crippen molar-refractivity contribution in [3.05, 3.63) is 28.4 Å². The number of nitrogens with one attached hydrogen (secondary N) is 1. The summed E-state index contributed by atoms with van der Waals surface area (Å²) in [4.78, 5) is 22.7. The van der Waals surface area contributed by atoms with Gasteiger partial charge in [0.25, 0.3) is 0 Å². The molecule has 0 aliphatic rings. The van der Waals surface area contributed by atoms with Crippen molar-refractivity contribution in [1.82, 2.24) is 9.71 Å². The van der Waals surface area contributed by atoms with Gasteiger partial charge in [-0.15, -0.1) is 0 Å². The fourth-order valence-corrected chi connectivity index (χ4v) is 1.80. The molecule has 0 saturated carbocycles. The van der Waals surface area contributed by atoms with Gasteiger partial charge in [0.1, 0.15) is 11.4 Å². The summed E-state index contributed by atoms with van der Waals surface area (Å²) in [6.07, 6.45) is 0.780. The number of nitro groups is 1. The van der Waals surface area contributed by atoms with Gasteiger partial charge in [-0.1, -0.05) is 0 Å². The molecule has 2 N–H and O–H groups in total. The summed E-state index contributed by atoms with van der Waals surface area (Å²) in [5, 5.41) is 18.6. The van der Waals surface area contributed by atoms with Crippen molar-refractivity contribution in [3.8, 4) is 0 Å². The van der Waals surface area contributed by atoms with Gasteiger partial charge < -0.3 is 15.2 Å². The summed E-state index contributed by atoms with van der Waals surface area (Å²) < 4.78 is 24.7. The van der Waals surface area contributed by atoms with Gasteiger partial charge in [-0.05, 0) is 16.0 Å². The number of aliphatic carboxylic acids is 1. The minimum Gasteiger partial charge on any atom is -0.480 e. The number of hydrogen-bond acceptors (Lipinski definition) is 6. The second kappa shape index (κ2) is 4.84. The van der Waals surface area contributed by atoms with Crippen molar-refractivity contribution in [3.63, 3.8) is 0 Å². The van der Waals surface area contributed by atoms with Crippen molar-refractivity contribution in [2.24, 2.45) is 0 Å². The molecular weight excluding hydrogens is 254 g/mol. The molecule has 1 aromatic rings. The van der Waals surface area contributed by atoms with Crippen molar-refractivity contribution in [2.45, 2.75) is 4.90 Å². The molecule has 0 saturated heterocycles. The van der Waals surface area contributed by atoms with E-state index in [1.54, 1.807) is 4.72 Å². The molecule has 1 heterocycles. The number of carboxylic acids is 1. The topological polar surface area (TPSA) is 140 Å². The van der Waals surface area contributed by atoms with Gasteiger partial charge in [0, 0.05) is 6.07 Å². The van der Waals surface area contributed by atoms with E-state index < -0.39 is 33.3 Å². The third kappa shape index (κ3) is 3.46. The molecule has 1 aromatic heterocycles. The maximum Gasteiger partial charge on any atom is 0.363 e. The number of sulfonamides is 1. The highest BCUT2D eigenvalue weighted by atomic mass is 32.2. The molecule has 0 radical (unpaired) electrons. The molecule has 0 aliphatic carbocycles. The minimum atomic E-state index is -4.01. The molecule has 17 heavy (non-hydrogen) atoms. The van der Waals surface area contributed by atoms with Crippen molar-refractivity contribution in [1.29, 1.82) is 0 Å². The quantitative estimate of drug-likeness (QED) is 0.530. The first kappa shape index (κ1) is 13.0. The number of carboxylic acid groups (broad SMARTS) is 1. The zero-order valence-electron chi connectivity index (χ0n) is 8.23. The summed E-state index contributed by atoms with van der Waals surface area (Å²) in [5.74, 6) is -1.84. The van der Waals surface area contributed by atoms with E-state index in [0.717, 1.165) is 18.3 Å². The van der Waals surface area contributed by atoms with Crippen molar-refractivity contribution in [2.75, 3.05) is 6.54 Å². The number of aromatic nitrogens is 1. The zero-order valence-corrected chi connectivity index (χ0v) is 9.05. The Morgan fingerprint density at radius 3 is 2.59 bits per heavy atom. The Kier molecular flexibility index (Phi) is 3.70. The number of nitrogens with zero attached hydrogens (tertiary/aromatic N) is 2. The molecule has 1 rings (SSSR count). The number of rotatable bonds is 5. The van der Waals surface area contributed by atoms with Crippen LogP contribution in [0.15, 0.2) is 23.2 Å². The smallest absolute Gasteiger partial charge is 0.363 e. The molecule has 0 aliphatic heterocycles. The van der Waals surface area contributed by atoms with Gasteiger partial charge >= 0.3 is 11.8 Å². The van der Waals surface area contributed by atoms with E-state index in [9.17, 15) is 23.3 Å². The Balaban J connectivity index is 2.92. The number of pyridine rings is 1. The van der Waals surface area contributed by atoms with Crippen LogP contribution in [0.5, 0.6) is 0 Å². The molecule has 0 atom stereocenters. The molecule has 92 valence electrons. The van der Waals surface area contributed by atoms with Crippen LogP contribution in [0.25, 0.3) is 0 Å². The van der Waals surface area contributed by atoms with Gasteiger partial charge in [-0.2, -0.15) is 4.72 Å². The number of hydrogen-bond donors (Lipinski definition) is 2. The lowest BCUT2D eigenvalue weighted by Crippen LogP contribution is -2.29. The molecule has 0 fully saturated rings. The molecule has 0 amide bonds. The van der Waals surface area contributed by atoms with Crippen LogP contribution < -0.4 is 4.72 Å². The molecule has 9 nitrogen and oxygen atoms in total. The van der Waals surface area contributed by atoms with Crippen LogP contribution in [0.3, 0.4) is 0 Å². The van der Waals surface area contributed by atoms with E-state index in [1.165, 1.54) is 0 Å². The largest absolute Gasteiger partial charge is 0.480 e. The average Bonchev–Trinajstić information content (AvgIpc) is 2.27. The molecule has 10 heteroatoms. The third-order valence-corrected chi connectivity index (χ3v) is 3.02. The van der Waals surface area contributed by atoms with Gasteiger partial charge in [-0.25, -0.2) is 8.42 Å². The third-order valence-electron chi connectivity index (χ3n) is 1.63. The van der Waals surface area contributed by atoms with Gasteiger partial charge in [0.2, 0.25) is 10.0 Å². The second-order valence-corrected chi connectivity index (χ2v) is 4.59. The van der Waals surface area contributed by atoms with Crippen LogP contribution in [-0.2, 0) is 14.8 Å². The first-order valence-corrected chi connectivity index (χ1v) is 5.63. The molecule has 0 bridgehead atoms. The highest BCUT2D eigenvalue weighted by Gasteiger charge is 2.18. The fourth-order valence-electron chi connectivity index (χ4n) is 0.880. The fraction of sp³-hybridized carbons (Fsp3) is 0.143. The maximum absolute atomic E-state index is 11.4. The zero-order chi connectivity index (χ0) is 13.1. The Labute approximate surface area is 95.3 Å². The molecular formula is C7H7N3O6S. The van der Waals surface area contributed by atoms with Crippen LogP contribution in [0, 0.1) is 10.1 Å². The van der Waals surface area contributed by atoms with Crippen LogP contribution in [0.4, 0.5) is 5.82 Å². The number of carbonyl (C=O) groups is 1. The van der Waals surface area contributed by atoms with Gasteiger partial charge in [0.05, 0.1) is 0 Å². The molecule has 0 aromatic carbocycles. The Bertz CT molecular complexity index is 537. The normalized spacial score (nSPS) is 11.1. The Morgan fingerprint density at radius 2 is 2.18 bits per heavy atom. The summed E-state index contributed by atoms with van der Waals surface area (Å²) >= 11 is 0. The van der Waals surface area contributed by atoms with Crippen LogP contribution >= 0.6 is 0 Å². The summed E-state index contributed by atoms with van der Waals surface area (Å²) in [6.45, 7) is -0.778. The van der Waals surface area contributed by atoms with E-state index in [4.69, 9.17) is 5.11 Å². The summed E-state index contributed by atoms with van der Waals surface area (Å²) in [7, 11) is -4.01. The van der Waals surface area contributed by atoms with Gasteiger partial charge in [0.15, 0.2) is 6.20 Å². The highest BCUT2D eigenvalue weighted by Crippen LogP contribution is 2.11. The van der Waals surface area contributed by atoms with Crippen molar-refractivity contribution < 1.29 is 23.2 Å². The second-order valence-electron chi connectivity index (χ2n) is 2.83. The monoisotopic (exact) mass is 261 g/mol. The standard InChI is InChI=1S/C7H7N3O6S/c11-7(12)4-9-17(15,16)5-1-2-6(8-3-5)10(13)14/h1-3,9H,4H2,(H,11,12). The van der Waals surface area contributed by atoms with E-state index in [-0.39, 0.29) is 4.90 Å². The summed E-state index contributed by atoms with van der Waals surface area (Å²) in [6, 6.07) is 1.88. The predicted molar refractivity (Wildman–Crippen MR) is 53.7 cm³/mol. The van der Waals surface area contributed by atoms with E-state index in [2.05, 4.69) is 4.98 Å². The highest BCUT2D eigenvalue weighted by molar-refractivity contribution is 7.89. The van der Waals surface area contributed by atoms with Crippen LogP contribution in [0.2, 0.25) is 0 Å². The van der Waals surface area contributed by atoms with Crippen LogP contribution in [-0.4, -0.2) is 35.9 Å². The first-order chi connectivity index (χ1) is 7.83. The van der Waals surface area contributed by atoms with Crippen molar-refractivity contribution >= 4 is 21.8 Å². The van der Waals surface area contributed by atoms with E-state index in [1.807, 2.05) is 0 Å². The van der Waals surface area contributed by atoms with E-state index in [0.29, 0.717) is 0 Å². The SMILES string of the molecule is O=C(O)CNS(=O)(=O)c1ccc([N+](=O)[O-])nc1.